The molecule has 4 heteroatoms. The Balaban J connectivity index is 3.17. The molecular weight excluding hydrogens is 211 g/mol. The summed E-state index contributed by atoms with van der Waals surface area (Å²) in [6.07, 6.45) is 1.74. The molecule has 0 aliphatic carbocycles. The zero-order valence-electron chi connectivity index (χ0n) is 7.70. The summed E-state index contributed by atoms with van der Waals surface area (Å²) in [5.41, 5.74) is 1.05. The van der Waals surface area contributed by atoms with E-state index in [9.17, 15) is 0 Å². The van der Waals surface area contributed by atoms with Crippen molar-refractivity contribution in [1.82, 2.24) is 0 Å². The molecule has 0 heterocycles. The van der Waals surface area contributed by atoms with Crippen molar-refractivity contribution in [3.05, 3.63) is 12.2 Å². The van der Waals surface area contributed by atoms with Crippen LogP contribution < -0.4 is 0 Å². The topological polar surface area (TPSA) is 9.23 Å². The summed E-state index contributed by atoms with van der Waals surface area (Å²) in [7, 11) is 0.801. The predicted molar refractivity (Wildman–Crippen MR) is 59.2 cm³/mol. The molecule has 0 unspecified atom stereocenters. The minimum atomic E-state index is -0.480. The van der Waals surface area contributed by atoms with Gasteiger partial charge >= 0.3 is 0 Å². The number of halogens is 2. The lowest BCUT2D eigenvalue weighted by Gasteiger charge is -2.12. The Labute approximate surface area is 87.5 Å². The van der Waals surface area contributed by atoms with Crippen molar-refractivity contribution in [3.8, 4) is 0 Å². The number of hydrogen-bond donors (Lipinski definition) is 0. The predicted octanol–water partition coefficient (Wildman–Crippen LogP) is 1.86. The van der Waals surface area contributed by atoms with Gasteiger partial charge in [0.15, 0.2) is 0 Å². The maximum absolute atomic E-state index is 5.83. The SMILES string of the molecule is C=C(C)COCCCC([SiH3])(Cl)Cl. The summed E-state index contributed by atoms with van der Waals surface area (Å²) in [5.74, 6) is 0. The van der Waals surface area contributed by atoms with Gasteiger partial charge < -0.3 is 4.74 Å². The Morgan fingerprint density at radius 3 is 2.58 bits per heavy atom. The molecule has 0 aromatic carbocycles. The summed E-state index contributed by atoms with van der Waals surface area (Å²) >= 11 is 11.7. The molecule has 0 rings (SSSR count). The van der Waals surface area contributed by atoms with Crippen LogP contribution in [0.15, 0.2) is 12.2 Å². The summed E-state index contributed by atoms with van der Waals surface area (Å²) < 4.78 is 4.81. The average Bonchev–Trinajstić information content (AvgIpc) is 1.83. The first kappa shape index (κ1) is 12.5. The molecule has 0 radical (unpaired) electrons. The van der Waals surface area contributed by atoms with Crippen molar-refractivity contribution in [2.45, 2.75) is 23.7 Å². The lowest BCUT2D eigenvalue weighted by molar-refractivity contribution is 0.152. The zero-order chi connectivity index (χ0) is 9.61. The van der Waals surface area contributed by atoms with Gasteiger partial charge in [0.25, 0.3) is 0 Å². The fourth-order valence-electron chi connectivity index (χ4n) is 0.731. The fraction of sp³-hybridized carbons (Fsp3) is 0.750. The number of rotatable bonds is 6. The quantitative estimate of drug-likeness (QED) is 0.291. The van der Waals surface area contributed by atoms with Gasteiger partial charge in [0.1, 0.15) is 0 Å². The Bertz CT molecular complexity index is 142. The van der Waals surface area contributed by atoms with E-state index in [1.165, 1.54) is 0 Å². The second-order valence-electron chi connectivity index (χ2n) is 3.18. The van der Waals surface area contributed by atoms with Gasteiger partial charge in [-0.1, -0.05) is 12.2 Å². The van der Waals surface area contributed by atoms with Crippen molar-refractivity contribution >= 4 is 33.4 Å². The molecule has 0 aliphatic rings. The van der Waals surface area contributed by atoms with E-state index < -0.39 is 3.96 Å². The Morgan fingerprint density at radius 1 is 1.58 bits per heavy atom. The highest BCUT2D eigenvalue weighted by Crippen LogP contribution is 2.21. The van der Waals surface area contributed by atoms with Crippen molar-refractivity contribution < 1.29 is 4.74 Å². The normalized spacial score (nSPS) is 11.9. The second kappa shape index (κ2) is 6.03. The van der Waals surface area contributed by atoms with E-state index in [4.69, 9.17) is 27.9 Å². The van der Waals surface area contributed by atoms with Crippen LogP contribution in [0.3, 0.4) is 0 Å². The third-order valence-electron chi connectivity index (χ3n) is 1.25. The molecule has 72 valence electrons. The van der Waals surface area contributed by atoms with Gasteiger partial charge in [-0.15, -0.1) is 23.2 Å². The molecule has 0 saturated heterocycles. The zero-order valence-corrected chi connectivity index (χ0v) is 11.2. The maximum atomic E-state index is 5.83. The highest BCUT2D eigenvalue weighted by atomic mass is 35.5. The maximum Gasteiger partial charge on any atom is 0.0973 e. The van der Waals surface area contributed by atoms with Crippen LogP contribution in [-0.2, 0) is 4.74 Å². The van der Waals surface area contributed by atoms with Crippen molar-refractivity contribution in [3.63, 3.8) is 0 Å². The van der Waals surface area contributed by atoms with E-state index in [2.05, 4.69) is 6.58 Å². The highest BCUT2D eigenvalue weighted by Gasteiger charge is 2.14. The first-order valence-electron chi connectivity index (χ1n) is 4.02. The molecule has 0 atom stereocenters. The minimum Gasteiger partial charge on any atom is -0.377 e. The highest BCUT2D eigenvalue weighted by molar-refractivity contribution is 6.65. The molecule has 0 aliphatic heterocycles. The molecule has 0 amide bonds. The molecular formula is C8H16Cl2OSi. The molecule has 0 bridgehead atoms. The third-order valence-corrected chi connectivity index (χ3v) is 2.13. The molecule has 0 aromatic heterocycles. The van der Waals surface area contributed by atoms with Crippen LogP contribution in [0.4, 0.5) is 0 Å². The largest absolute Gasteiger partial charge is 0.377 e. The minimum absolute atomic E-state index is 0.480. The van der Waals surface area contributed by atoms with Gasteiger partial charge in [-0.25, -0.2) is 0 Å². The van der Waals surface area contributed by atoms with Crippen LogP contribution >= 0.6 is 23.2 Å². The van der Waals surface area contributed by atoms with E-state index in [0.717, 1.165) is 35.3 Å². The standard InChI is InChI=1S/C8H16Cl2OSi/c1-7(2)6-11-5-3-4-8(9,10)12/h1,3-6H2,2,12H3. The number of ether oxygens (including phenoxy) is 1. The van der Waals surface area contributed by atoms with Crippen molar-refractivity contribution in [1.29, 1.82) is 0 Å². The van der Waals surface area contributed by atoms with E-state index in [1.54, 1.807) is 0 Å². The number of alkyl halides is 2. The lowest BCUT2D eigenvalue weighted by Crippen LogP contribution is -2.13. The van der Waals surface area contributed by atoms with Gasteiger partial charge in [0.2, 0.25) is 0 Å². The molecule has 0 saturated carbocycles. The summed E-state index contributed by atoms with van der Waals surface area (Å²) in [6.45, 7) is 7.03. The second-order valence-corrected chi connectivity index (χ2v) is 8.02. The average molecular weight is 227 g/mol. The summed E-state index contributed by atoms with van der Waals surface area (Å²) in [5, 5.41) is 0. The first-order valence-corrected chi connectivity index (χ1v) is 5.77. The fourth-order valence-corrected chi connectivity index (χ4v) is 1.35. The van der Waals surface area contributed by atoms with Gasteiger partial charge in [-0.05, 0) is 19.8 Å². The van der Waals surface area contributed by atoms with Gasteiger partial charge in [-0.3, -0.25) is 0 Å². The summed E-state index contributed by atoms with van der Waals surface area (Å²) in [6, 6.07) is 0. The molecule has 0 N–H and O–H groups in total. The molecule has 0 fully saturated rings. The van der Waals surface area contributed by atoms with E-state index in [0.29, 0.717) is 6.61 Å². The van der Waals surface area contributed by atoms with Crippen molar-refractivity contribution in [2.75, 3.05) is 13.2 Å². The smallest absolute Gasteiger partial charge is 0.0973 e. The van der Waals surface area contributed by atoms with E-state index >= 15 is 0 Å². The molecule has 0 spiro atoms. The first-order chi connectivity index (χ1) is 5.42. The van der Waals surface area contributed by atoms with Gasteiger partial charge in [0, 0.05) is 16.8 Å². The van der Waals surface area contributed by atoms with Crippen LogP contribution in [0.2, 0.25) is 0 Å². The monoisotopic (exact) mass is 226 g/mol. The van der Waals surface area contributed by atoms with Crippen LogP contribution in [0, 0.1) is 0 Å². The lowest BCUT2D eigenvalue weighted by atomic mass is 10.3. The van der Waals surface area contributed by atoms with Crippen molar-refractivity contribution in [2.24, 2.45) is 0 Å². The number of hydrogen-bond acceptors (Lipinski definition) is 1. The Kier molecular flexibility index (Phi) is 6.28. The van der Waals surface area contributed by atoms with Gasteiger partial charge in [-0.2, -0.15) is 0 Å². The van der Waals surface area contributed by atoms with E-state index in [1.807, 2.05) is 6.92 Å². The molecule has 1 nitrogen and oxygen atoms in total. The van der Waals surface area contributed by atoms with Crippen LogP contribution in [0.5, 0.6) is 0 Å². The van der Waals surface area contributed by atoms with Crippen LogP contribution in [-0.4, -0.2) is 27.4 Å². The molecule has 12 heavy (non-hydrogen) atoms. The van der Waals surface area contributed by atoms with Crippen LogP contribution in [0.25, 0.3) is 0 Å². The van der Waals surface area contributed by atoms with Gasteiger partial charge in [0.05, 0.1) is 10.6 Å². The van der Waals surface area contributed by atoms with Crippen LogP contribution in [0.1, 0.15) is 19.8 Å². The van der Waals surface area contributed by atoms with E-state index in [-0.39, 0.29) is 0 Å². The Hall–Kier alpha value is 0.497. The Morgan fingerprint density at radius 2 is 2.17 bits per heavy atom. The molecule has 0 aromatic rings. The summed E-state index contributed by atoms with van der Waals surface area (Å²) in [4.78, 5) is 0. The third kappa shape index (κ3) is 10.5.